The second kappa shape index (κ2) is 6.90. The first kappa shape index (κ1) is 15.1. The molecule has 0 aromatic carbocycles. The minimum absolute atomic E-state index is 0.228. The predicted molar refractivity (Wildman–Crippen MR) is 74.8 cm³/mol. The third kappa shape index (κ3) is 4.32. The summed E-state index contributed by atoms with van der Waals surface area (Å²) in [6, 6.07) is 6.11. The van der Waals surface area contributed by atoms with Gasteiger partial charge >= 0.3 is 5.97 Å². The third-order valence-corrected chi connectivity index (χ3v) is 2.87. The highest BCUT2D eigenvalue weighted by atomic mass is 35.5. The van der Waals surface area contributed by atoms with Gasteiger partial charge in [0.2, 0.25) is 0 Å². The van der Waals surface area contributed by atoms with Crippen LogP contribution in [0.4, 0.5) is 0 Å². The number of hydrogen-bond acceptors (Lipinski definition) is 5. The molecule has 1 amide bonds. The van der Waals surface area contributed by atoms with E-state index in [0.29, 0.717) is 5.76 Å². The van der Waals surface area contributed by atoms with Crippen LogP contribution in [0.2, 0.25) is 5.15 Å². The van der Waals surface area contributed by atoms with E-state index in [0.717, 1.165) is 0 Å². The van der Waals surface area contributed by atoms with Crippen molar-refractivity contribution in [2.75, 3.05) is 6.61 Å². The molecule has 21 heavy (non-hydrogen) atoms. The van der Waals surface area contributed by atoms with E-state index in [2.05, 4.69) is 10.3 Å². The molecule has 0 aliphatic rings. The molecule has 110 valence electrons. The molecule has 0 saturated carbocycles. The Labute approximate surface area is 126 Å². The molecule has 7 heteroatoms. The molecule has 0 bridgehead atoms. The number of carbonyl (C=O) groups is 2. The van der Waals surface area contributed by atoms with E-state index in [4.69, 9.17) is 20.8 Å². The number of pyridine rings is 1. The van der Waals surface area contributed by atoms with Crippen molar-refractivity contribution in [3.63, 3.8) is 0 Å². The van der Waals surface area contributed by atoms with Crippen molar-refractivity contribution in [3.05, 3.63) is 53.2 Å². The number of rotatable bonds is 5. The highest BCUT2D eigenvalue weighted by molar-refractivity contribution is 6.29. The van der Waals surface area contributed by atoms with E-state index in [1.165, 1.54) is 24.6 Å². The molecule has 2 rings (SSSR count). The number of esters is 1. The normalized spacial score (nSPS) is 11.7. The molecule has 0 aliphatic carbocycles. The zero-order valence-corrected chi connectivity index (χ0v) is 12.0. The molecule has 2 aromatic rings. The van der Waals surface area contributed by atoms with Crippen molar-refractivity contribution >= 4 is 23.5 Å². The van der Waals surface area contributed by atoms with Crippen LogP contribution in [0.3, 0.4) is 0 Å². The van der Waals surface area contributed by atoms with Crippen LogP contribution in [0.25, 0.3) is 0 Å². The number of aromatic nitrogens is 1. The molecule has 0 aliphatic heterocycles. The highest BCUT2D eigenvalue weighted by Crippen LogP contribution is 2.12. The number of furan rings is 1. The molecule has 0 fully saturated rings. The lowest BCUT2D eigenvalue weighted by atomic mass is 10.2. The third-order valence-electron chi connectivity index (χ3n) is 2.64. The molecule has 0 radical (unpaired) electrons. The van der Waals surface area contributed by atoms with Crippen molar-refractivity contribution in [1.29, 1.82) is 0 Å². The van der Waals surface area contributed by atoms with Crippen LogP contribution in [0.15, 0.2) is 41.1 Å². The maximum Gasteiger partial charge on any atom is 0.340 e. The Morgan fingerprint density at radius 2 is 2.24 bits per heavy atom. The molecule has 2 aromatic heterocycles. The number of hydrogen-bond donors (Lipinski definition) is 1. The summed E-state index contributed by atoms with van der Waals surface area (Å²) in [5, 5.41) is 2.93. The summed E-state index contributed by atoms with van der Waals surface area (Å²) in [7, 11) is 0. The number of halogens is 1. The van der Waals surface area contributed by atoms with Crippen molar-refractivity contribution in [3.8, 4) is 0 Å². The monoisotopic (exact) mass is 308 g/mol. The van der Waals surface area contributed by atoms with Gasteiger partial charge < -0.3 is 14.5 Å². The van der Waals surface area contributed by atoms with Gasteiger partial charge in [0.05, 0.1) is 17.9 Å². The highest BCUT2D eigenvalue weighted by Gasteiger charge is 2.14. The Morgan fingerprint density at radius 1 is 1.43 bits per heavy atom. The summed E-state index contributed by atoms with van der Waals surface area (Å²) < 4.78 is 10.0. The molecule has 2 heterocycles. The first-order valence-corrected chi connectivity index (χ1v) is 6.55. The quantitative estimate of drug-likeness (QED) is 0.677. The van der Waals surface area contributed by atoms with Crippen LogP contribution in [0.5, 0.6) is 0 Å². The van der Waals surface area contributed by atoms with Gasteiger partial charge in [0.25, 0.3) is 5.91 Å². The van der Waals surface area contributed by atoms with E-state index in [9.17, 15) is 9.59 Å². The summed E-state index contributed by atoms with van der Waals surface area (Å²) in [6.07, 6.45) is 2.81. The summed E-state index contributed by atoms with van der Waals surface area (Å²) in [4.78, 5) is 27.1. The second-order valence-electron chi connectivity index (χ2n) is 4.25. The van der Waals surface area contributed by atoms with Crippen molar-refractivity contribution < 1.29 is 18.7 Å². The molecular formula is C14H13ClN2O4. The topological polar surface area (TPSA) is 81.4 Å². The van der Waals surface area contributed by atoms with Crippen LogP contribution in [-0.4, -0.2) is 23.5 Å². The van der Waals surface area contributed by atoms with Gasteiger partial charge in [-0.05, 0) is 31.2 Å². The molecule has 0 unspecified atom stereocenters. The van der Waals surface area contributed by atoms with Gasteiger partial charge in [0, 0.05) is 6.20 Å². The van der Waals surface area contributed by atoms with Crippen molar-refractivity contribution in [2.24, 2.45) is 0 Å². The second-order valence-corrected chi connectivity index (χ2v) is 4.64. The number of carbonyl (C=O) groups excluding carboxylic acids is 2. The minimum atomic E-state index is -0.639. The Bertz CT molecular complexity index is 610. The van der Waals surface area contributed by atoms with E-state index >= 15 is 0 Å². The average molecular weight is 309 g/mol. The van der Waals surface area contributed by atoms with Crippen molar-refractivity contribution in [2.45, 2.75) is 13.0 Å². The molecule has 1 atom stereocenters. The Balaban J connectivity index is 1.81. The maximum atomic E-state index is 11.7. The number of nitrogens with one attached hydrogen (secondary N) is 1. The van der Waals surface area contributed by atoms with Crippen LogP contribution < -0.4 is 5.32 Å². The zero-order chi connectivity index (χ0) is 15.2. The van der Waals surface area contributed by atoms with Gasteiger partial charge in [-0.1, -0.05) is 11.6 Å². The summed E-state index contributed by atoms with van der Waals surface area (Å²) in [5.74, 6) is -0.439. The number of amides is 1. The van der Waals surface area contributed by atoms with Gasteiger partial charge in [-0.25, -0.2) is 9.78 Å². The van der Waals surface area contributed by atoms with Gasteiger partial charge in [-0.2, -0.15) is 0 Å². The summed E-state index contributed by atoms with van der Waals surface area (Å²) in [6.45, 7) is 1.38. The molecule has 0 spiro atoms. The smallest absolute Gasteiger partial charge is 0.340 e. The fourth-order valence-corrected chi connectivity index (χ4v) is 1.71. The number of nitrogens with zero attached hydrogens (tertiary/aromatic N) is 1. The lowest BCUT2D eigenvalue weighted by Gasteiger charge is -2.11. The molecule has 6 nitrogen and oxygen atoms in total. The van der Waals surface area contributed by atoms with Crippen LogP contribution >= 0.6 is 11.6 Å². The van der Waals surface area contributed by atoms with Crippen LogP contribution in [0, 0.1) is 0 Å². The fraction of sp³-hybridized carbons (Fsp3) is 0.214. The van der Waals surface area contributed by atoms with Crippen molar-refractivity contribution in [1.82, 2.24) is 10.3 Å². The van der Waals surface area contributed by atoms with E-state index in [-0.39, 0.29) is 23.4 Å². The fourth-order valence-electron chi connectivity index (χ4n) is 1.60. The molecule has 1 N–H and O–H groups in total. The summed E-state index contributed by atoms with van der Waals surface area (Å²) in [5.41, 5.74) is 0.228. The van der Waals surface area contributed by atoms with Crippen LogP contribution in [0.1, 0.15) is 29.1 Å². The molecule has 0 saturated heterocycles. The standard InChI is InChI=1S/C14H13ClN2O4/c1-9(11-3-2-6-20-11)17-13(18)8-21-14(19)10-4-5-12(15)16-7-10/h2-7,9H,8H2,1H3,(H,17,18)/t9-/m1/s1. The number of ether oxygens (including phenoxy) is 1. The van der Waals surface area contributed by atoms with Gasteiger partial charge in [-0.15, -0.1) is 0 Å². The Morgan fingerprint density at radius 3 is 2.86 bits per heavy atom. The first-order chi connectivity index (χ1) is 10.1. The lowest BCUT2D eigenvalue weighted by molar-refractivity contribution is -0.125. The first-order valence-electron chi connectivity index (χ1n) is 6.17. The van der Waals surface area contributed by atoms with E-state index in [1.807, 2.05) is 0 Å². The van der Waals surface area contributed by atoms with E-state index < -0.39 is 11.9 Å². The van der Waals surface area contributed by atoms with Gasteiger partial charge in [-0.3, -0.25) is 4.79 Å². The Hall–Kier alpha value is -2.34. The van der Waals surface area contributed by atoms with Crippen LogP contribution in [-0.2, 0) is 9.53 Å². The van der Waals surface area contributed by atoms with Gasteiger partial charge in [0.1, 0.15) is 10.9 Å². The largest absolute Gasteiger partial charge is 0.467 e. The maximum absolute atomic E-state index is 11.7. The lowest BCUT2D eigenvalue weighted by Crippen LogP contribution is -2.31. The predicted octanol–water partition coefficient (Wildman–Crippen LogP) is 2.36. The van der Waals surface area contributed by atoms with Gasteiger partial charge in [0.15, 0.2) is 6.61 Å². The zero-order valence-electron chi connectivity index (χ0n) is 11.2. The summed E-state index contributed by atoms with van der Waals surface area (Å²) >= 11 is 5.61. The SMILES string of the molecule is C[C@@H](NC(=O)COC(=O)c1ccc(Cl)nc1)c1ccco1. The Kier molecular flexibility index (Phi) is 4.94. The molecular weight excluding hydrogens is 296 g/mol. The average Bonchev–Trinajstić information content (AvgIpc) is 3.00. The van der Waals surface area contributed by atoms with E-state index in [1.54, 1.807) is 19.1 Å². The minimum Gasteiger partial charge on any atom is -0.467 e.